The van der Waals surface area contributed by atoms with Gasteiger partial charge in [-0.1, -0.05) is 12.8 Å². The van der Waals surface area contributed by atoms with E-state index in [1.54, 1.807) is 0 Å². The Kier molecular flexibility index (Phi) is 2.77. The zero-order chi connectivity index (χ0) is 11.8. The Morgan fingerprint density at radius 2 is 1.76 bits per heavy atom. The second-order valence-electron chi connectivity index (χ2n) is 5.70. The number of hydrogen-bond acceptors (Lipinski definition) is 3. The number of aryl methyl sites for hydroxylation is 1. The van der Waals surface area contributed by atoms with Crippen LogP contribution in [0.2, 0.25) is 0 Å². The number of nitrogens with zero attached hydrogens (tertiary/aromatic N) is 2. The lowest BCUT2D eigenvalue weighted by Crippen LogP contribution is -2.32. The lowest BCUT2D eigenvalue weighted by Gasteiger charge is -2.41. The number of rotatable bonds is 3. The van der Waals surface area contributed by atoms with Crippen LogP contribution in [-0.4, -0.2) is 9.97 Å². The van der Waals surface area contributed by atoms with E-state index in [0.717, 1.165) is 23.2 Å². The Balaban J connectivity index is 1.87. The molecule has 92 valence electrons. The molecule has 17 heavy (non-hydrogen) atoms. The molecule has 3 heteroatoms. The maximum Gasteiger partial charge on any atom is 0.134 e. The van der Waals surface area contributed by atoms with Gasteiger partial charge in [-0.15, -0.1) is 0 Å². The molecule has 2 aliphatic rings. The Morgan fingerprint density at radius 1 is 1.18 bits per heavy atom. The molecule has 0 aromatic carbocycles. The number of aromatic nitrogens is 2. The average molecular weight is 231 g/mol. The topological polar surface area (TPSA) is 51.8 Å². The minimum absolute atomic E-state index is 0.584. The Bertz CT molecular complexity index is 394. The third-order valence-corrected chi connectivity index (χ3v) is 4.64. The maximum atomic E-state index is 5.93. The van der Waals surface area contributed by atoms with Crippen molar-refractivity contribution < 1.29 is 0 Å². The van der Waals surface area contributed by atoms with Crippen LogP contribution in [0, 0.1) is 18.8 Å². The summed E-state index contributed by atoms with van der Waals surface area (Å²) in [5.74, 6) is 3.91. The minimum atomic E-state index is 0.584. The van der Waals surface area contributed by atoms with Gasteiger partial charge in [0, 0.05) is 17.7 Å². The van der Waals surface area contributed by atoms with Crippen molar-refractivity contribution >= 4 is 5.82 Å². The molecule has 0 aliphatic heterocycles. The van der Waals surface area contributed by atoms with Gasteiger partial charge in [0.2, 0.25) is 0 Å². The SMILES string of the molecule is Cc1cnc(C(C2CCC2)C2CCC2)nc1N. The molecule has 0 atom stereocenters. The molecular weight excluding hydrogens is 210 g/mol. The molecule has 0 spiro atoms. The molecular formula is C14H21N3. The van der Waals surface area contributed by atoms with Gasteiger partial charge in [0.1, 0.15) is 11.6 Å². The van der Waals surface area contributed by atoms with Crippen LogP contribution in [0.4, 0.5) is 5.82 Å². The first-order valence-corrected chi connectivity index (χ1v) is 6.84. The third kappa shape index (κ3) is 1.92. The van der Waals surface area contributed by atoms with Gasteiger partial charge in [0.15, 0.2) is 0 Å². The van der Waals surface area contributed by atoms with Crippen LogP contribution in [0.15, 0.2) is 6.20 Å². The van der Waals surface area contributed by atoms with Crippen LogP contribution < -0.4 is 5.73 Å². The number of nitrogen functional groups attached to an aromatic ring is 1. The summed E-state index contributed by atoms with van der Waals surface area (Å²) >= 11 is 0. The van der Waals surface area contributed by atoms with E-state index >= 15 is 0 Å². The summed E-state index contributed by atoms with van der Waals surface area (Å²) < 4.78 is 0. The van der Waals surface area contributed by atoms with E-state index in [4.69, 9.17) is 5.73 Å². The van der Waals surface area contributed by atoms with Crippen LogP contribution in [-0.2, 0) is 0 Å². The third-order valence-electron chi connectivity index (χ3n) is 4.64. The molecule has 2 fully saturated rings. The Morgan fingerprint density at radius 3 is 2.18 bits per heavy atom. The van der Waals surface area contributed by atoms with Crippen LogP contribution in [0.5, 0.6) is 0 Å². The highest BCUT2D eigenvalue weighted by molar-refractivity contribution is 5.36. The number of anilines is 1. The lowest BCUT2D eigenvalue weighted by molar-refractivity contribution is 0.143. The van der Waals surface area contributed by atoms with E-state index in [1.165, 1.54) is 38.5 Å². The predicted octanol–water partition coefficient (Wildman–Crippen LogP) is 3.05. The van der Waals surface area contributed by atoms with Gasteiger partial charge >= 0.3 is 0 Å². The molecule has 1 heterocycles. The van der Waals surface area contributed by atoms with Gasteiger partial charge in [0.25, 0.3) is 0 Å². The van der Waals surface area contributed by atoms with Crippen molar-refractivity contribution in [2.24, 2.45) is 11.8 Å². The zero-order valence-corrected chi connectivity index (χ0v) is 10.5. The number of hydrogen-bond donors (Lipinski definition) is 1. The first kappa shape index (κ1) is 11.0. The maximum absolute atomic E-state index is 5.93. The molecule has 1 aromatic heterocycles. The van der Waals surface area contributed by atoms with Crippen molar-refractivity contribution in [3.05, 3.63) is 17.6 Å². The average Bonchev–Trinajstić information content (AvgIpc) is 2.16. The molecule has 0 unspecified atom stereocenters. The predicted molar refractivity (Wildman–Crippen MR) is 68.6 cm³/mol. The van der Waals surface area contributed by atoms with Crippen LogP contribution in [0.3, 0.4) is 0 Å². The fourth-order valence-electron chi connectivity index (χ4n) is 3.03. The van der Waals surface area contributed by atoms with E-state index < -0.39 is 0 Å². The monoisotopic (exact) mass is 231 g/mol. The normalized spacial score (nSPS) is 21.3. The summed E-state index contributed by atoms with van der Waals surface area (Å²) in [5, 5.41) is 0. The molecule has 1 aromatic rings. The van der Waals surface area contributed by atoms with Crippen molar-refractivity contribution in [2.45, 2.75) is 51.4 Å². The van der Waals surface area contributed by atoms with Gasteiger partial charge in [-0.25, -0.2) is 9.97 Å². The molecule has 0 bridgehead atoms. The molecule has 0 amide bonds. The van der Waals surface area contributed by atoms with E-state index in [9.17, 15) is 0 Å². The highest BCUT2D eigenvalue weighted by atomic mass is 15.0. The fourth-order valence-corrected chi connectivity index (χ4v) is 3.03. The van der Waals surface area contributed by atoms with Gasteiger partial charge in [-0.05, 0) is 44.4 Å². The first-order valence-electron chi connectivity index (χ1n) is 6.84. The van der Waals surface area contributed by atoms with Gasteiger partial charge < -0.3 is 5.73 Å². The highest BCUT2D eigenvalue weighted by Gasteiger charge is 2.38. The second kappa shape index (κ2) is 4.28. The van der Waals surface area contributed by atoms with Crippen LogP contribution in [0.1, 0.15) is 55.8 Å². The standard InChI is InChI=1S/C14H21N3/c1-9-8-16-14(17-13(9)15)12(10-4-2-5-10)11-6-3-7-11/h8,10-12H,2-7H2,1H3,(H2,15,16,17). The van der Waals surface area contributed by atoms with E-state index in [1.807, 2.05) is 13.1 Å². The zero-order valence-electron chi connectivity index (χ0n) is 10.5. The molecule has 2 saturated carbocycles. The molecule has 2 N–H and O–H groups in total. The van der Waals surface area contributed by atoms with E-state index in [-0.39, 0.29) is 0 Å². The molecule has 0 saturated heterocycles. The van der Waals surface area contributed by atoms with Gasteiger partial charge in [-0.3, -0.25) is 0 Å². The van der Waals surface area contributed by atoms with Gasteiger partial charge in [-0.2, -0.15) is 0 Å². The summed E-state index contributed by atoms with van der Waals surface area (Å²) in [7, 11) is 0. The first-order chi connectivity index (χ1) is 8.25. The van der Waals surface area contributed by atoms with Crippen molar-refractivity contribution in [3.63, 3.8) is 0 Å². The second-order valence-corrected chi connectivity index (χ2v) is 5.70. The summed E-state index contributed by atoms with van der Waals surface area (Å²) in [6.45, 7) is 1.97. The minimum Gasteiger partial charge on any atom is -0.383 e. The Labute approximate surface area is 103 Å². The Hall–Kier alpha value is -1.12. The number of nitrogens with two attached hydrogens (primary N) is 1. The fraction of sp³-hybridized carbons (Fsp3) is 0.714. The van der Waals surface area contributed by atoms with Crippen LogP contribution >= 0.6 is 0 Å². The van der Waals surface area contributed by atoms with E-state index in [0.29, 0.717) is 11.7 Å². The summed E-state index contributed by atoms with van der Waals surface area (Å²) in [6, 6.07) is 0. The largest absolute Gasteiger partial charge is 0.383 e. The van der Waals surface area contributed by atoms with Crippen molar-refractivity contribution in [1.82, 2.24) is 9.97 Å². The van der Waals surface area contributed by atoms with Gasteiger partial charge in [0.05, 0.1) is 0 Å². The van der Waals surface area contributed by atoms with Crippen molar-refractivity contribution in [2.75, 3.05) is 5.73 Å². The molecule has 3 rings (SSSR count). The smallest absolute Gasteiger partial charge is 0.134 e. The van der Waals surface area contributed by atoms with Crippen LogP contribution in [0.25, 0.3) is 0 Å². The summed E-state index contributed by atoms with van der Waals surface area (Å²) in [6.07, 6.45) is 10.1. The molecule has 0 radical (unpaired) electrons. The molecule has 2 aliphatic carbocycles. The lowest BCUT2D eigenvalue weighted by atomic mass is 9.64. The molecule has 3 nitrogen and oxygen atoms in total. The summed E-state index contributed by atoms with van der Waals surface area (Å²) in [5.41, 5.74) is 6.92. The van der Waals surface area contributed by atoms with Crippen molar-refractivity contribution in [3.8, 4) is 0 Å². The summed E-state index contributed by atoms with van der Waals surface area (Å²) in [4.78, 5) is 9.10. The van der Waals surface area contributed by atoms with Crippen molar-refractivity contribution in [1.29, 1.82) is 0 Å². The quantitative estimate of drug-likeness (QED) is 0.869. The highest BCUT2D eigenvalue weighted by Crippen LogP contribution is 2.48. The van der Waals surface area contributed by atoms with E-state index in [2.05, 4.69) is 9.97 Å².